The van der Waals surface area contributed by atoms with E-state index in [2.05, 4.69) is 0 Å². The number of carbonyl (C=O) groups excluding carboxylic acids is 1. The second-order valence-corrected chi connectivity index (χ2v) is 4.87. The van der Waals surface area contributed by atoms with Crippen LogP contribution in [0.25, 0.3) is 5.76 Å². The Labute approximate surface area is 128 Å². The summed E-state index contributed by atoms with van der Waals surface area (Å²) in [6, 6.07) is 17.3. The summed E-state index contributed by atoms with van der Waals surface area (Å²) in [7, 11) is 2.92. The minimum absolute atomic E-state index is 0.438. The van der Waals surface area contributed by atoms with Gasteiger partial charge in [-0.15, -0.1) is 0 Å². The van der Waals surface area contributed by atoms with Crippen LogP contribution in [-0.4, -0.2) is 20.2 Å². The van der Waals surface area contributed by atoms with Crippen LogP contribution in [-0.2, 0) is 24.8 Å². The van der Waals surface area contributed by atoms with Crippen molar-refractivity contribution in [3.63, 3.8) is 0 Å². The van der Waals surface area contributed by atoms with E-state index in [1.165, 1.54) is 13.2 Å². The molecule has 1 heterocycles. The highest BCUT2D eigenvalue weighted by atomic mass is 16.7. The molecule has 1 aliphatic rings. The second kappa shape index (κ2) is 5.66. The van der Waals surface area contributed by atoms with E-state index in [0.29, 0.717) is 5.76 Å². The van der Waals surface area contributed by atoms with Crippen LogP contribution in [0.3, 0.4) is 0 Å². The SMILES string of the molecule is COC(=O)/C=C1\OC(OC)(c2ccccc2)c2ccccc21. The first kappa shape index (κ1) is 14.4. The lowest BCUT2D eigenvalue weighted by Gasteiger charge is -2.28. The van der Waals surface area contributed by atoms with Crippen LogP contribution in [0.4, 0.5) is 0 Å². The molecule has 0 radical (unpaired) electrons. The number of carbonyl (C=O) groups is 1. The minimum atomic E-state index is -1.06. The van der Waals surface area contributed by atoms with Crippen LogP contribution in [0.15, 0.2) is 60.7 Å². The van der Waals surface area contributed by atoms with Gasteiger partial charge in [0.1, 0.15) is 5.76 Å². The van der Waals surface area contributed by atoms with E-state index < -0.39 is 11.8 Å². The Bertz CT molecular complexity index is 721. The molecule has 0 bridgehead atoms. The van der Waals surface area contributed by atoms with E-state index in [9.17, 15) is 4.79 Å². The van der Waals surface area contributed by atoms with Crippen LogP contribution in [0.5, 0.6) is 0 Å². The van der Waals surface area contributed by atoms with Crippen LogP contribution in [0, 0.1) is 0 Å². The van der Waals surface area contributed by atoms with Gasteiger partial charge in [-0.05, 0) is 0 Å². The largest absolute Gasteiger partial charge is 0.466 e. The molecule has 0 fully saturated rings. The molecular formula is C18H16O4. The van der Waals surface area contributed by atoms with Crippen LogP contribution in [0.1, 0.15) is 16.7 Å². The lowest BCUT2D eigenvalue weighted by atomic mass is 9.95. The number of ether oxygens (including phenoxy) is 3. The molecule has 4 heteroatoms. The van der Waals surface area contributed by atoms with Gasteiger partial charge in [-0.2, -0.15) is 0 Å². The second-order valence-electron chi connectivity index (χ2n) is 4.87. The fourth-order valence-corrected chi connectivity index (χ4v) is 2.66. The highest BCUT2D eigenvalue weighted by Gasteiger charge is 2.45. The van der Waals surface area contributed by atoms with E-state index in [1.54, 1.807) is 7.11 Å². The molecule has 1 atom stereocenters. The molecule has 0 N–H and O–H groups in total. The Morgan fingerprint density at radius 2 is 1.73 bits per heavy atom. The number of rotatable bonds is 3. The van der Waals surface area contributed by atoms with Gasteiger partial charge in [-0.25, -0.2) is 4.79 Å². The first-order valence-corrected chi connectivity index (χ1v) is 6.90. The third-order valence-corrected chi connectivity index (χ3v) is 3.69. The highest BCUT2D eigenvalue weighted by molar-refractivity contribution is 5.91. The third-order valence-electron chi connectivity index (χ3n) is 3.69. The summed E-state index contributed by atoms with van der Waals surface area (Å²) < 4.78 is 16.5. The first-order valence-electron chi connectivity index (χ1n) is 6.90. The van der Waals surface area contributed by atoms with E-state index in [4.69, 9.17) is 14.2 Å². The average Bonchev–Trinajstić information content (AvgIpc) is 2.91. The van der Waals surface area contributed by atoms with Gasteiger partial charge in [-0.1, -0.05) is 54.6 Å². The van der Waals surface area contributed by atoms with Gasteiger partial charge in [0, 0.05) is 23.8 Å². The zero-order valence-electron chi connectivity index (χ0n) is 12.4. The molecular weight excluding hydrogens is 280 g/mol. The van der Waals surface area contributed by atoms with E-state index >= 15 is 0 Å². The summed E-state index contributed by atoms with van der Waals surface area (Å²) in [5, 5.41) is 0. The summed E-state index contributed by atoms with van der Waals surface area (Å²) in [6.07, 6.45) is 1.34. The van der Waals surface area contributed by atoms with Gasteiger partial charge in [0.15, 0.2) is 0 Å². The van der Waals surface area contributed by atoms with E-state index in [1.807, 2.05) is 54.6 Å². The van der Waals surface area contributed by atoms with Crippen molar-refractivity contribution in [1.29, 1.82) is 0 Å². The molecule has 0 saturated carbocycles. The molecule has 1 unspecified atom stereocenters. The van der Waals surface area contributed by atoms with E-state index in [-0.39, 0.29) is 0 Å². The fraction of sp³-hybridized carbons (Fsp3) is 0.167. The Balaban J connectivity index is 2.19. The normalized spacial score (nSPS) is 21.3. The van der Waals surface area contributed by atoms with Gasteiger partial charge in [0.05, 0.1) is 13.2 Å². The Morgan fingerprint density at radius 1 is 1.05 bits per heavy atom. The zero-order chi connectivity index (χ0) is 15.6. The molecule has 0 spiro atoms. The van der Waals surface area contributed by atoms with Crippen molar-refractivity contribution < 1.29 is 19.0 Å². The van der Waals surface area contributed by atoms with Gasteiger partial charge in [0.25, 0.3) is 5.79 Å². The molecule has 0 amide bonds. The van der Waals surface area contributed by atoms with E-state index in [0.717, 1.165) is 16.7 Å². The number of esters is 1. The lowest BCUT2D eigenvalue weighted by molar-refractivity contribution is -0.147. The van der Waals surface area contributed by atoms with Crippen molar-refractivity contribution in [2.75, 3.05) is 14.2 Å². The Hall–Kier alpha value is -2.59. The maximum Gasteiger partial charge on any atom is 0.334 e. The molecule has 0 aliphatic carbocycles. The quantitative estimate of drug-likeness (QED) is 0.645. The highest BCUT2D eigenvalue weighted by Crippen LogP contribution is 2.47. The monoisotopic (exact) mass is 296 g/mol. The summed E-state index contributed by atoms with van der Waals surface area (Å²) >= 11 is 0. The van der Waals surface area contributed by atoms with Crippen molar-refractivity contribution in [2.45, 2.75) is 5.79 Å². The number of fused-ring (bicyclic) bond motifs is 1. The van der Waals surface area contributed by atoms with Gasteiger partial charge < -0.3 is 14.2 Å². The number of benzene rings is 2. The van der Waals surface area contributed by atoms with Gasteiger partial charge in [-0.3, -0.25) is 0 Å². The molecule has 112 valence electrons. The summed E-state index contributed by atoms with van der Waals surface area (Å²) in [5.74, 6) is -1.09. The molecule has 0 saturated heterocycles. The van der Waals surface area contributed by atoms with Crippen LogP contribution in [0.2, 0.25) is 0 Å². The summed E-state index contributed by atoms with van der Waals surface area (Å²) in [5.41, 5.74) is 2.54. The molecule has 3 rings (SSSR count). The number of hydrogen-bond acceptors (Lipinski definition) is 4. The maximum absolute atomic E-state index is 11.6. The van der Waals surface area contributed by atoms with Gasteiger partial charge >= 0.3 is 5.97 Å². The average molecular weight is 296 g/mol. The van der Waals surface area contributed by atoms with Crippen molar-refractivity contribution in [3.05, 3.63) is 77.4 Å². The number of methoxy groups -OCH3 is 2. The molecule has 22 heavy (non-hydrogen) atoms. The van der Waals surface area contributed by atoms with Crippen molar-refractivity contribution in [2.24, 2.45) is 0 Å². The topological polar surface area (TPSA) is 44.8 Å². The minimum Gasteiger partial charge on any atom is -0.466 e. The molecule has 4 nitrogen and oxygen atoms in total. The fourth-order valence-electron chi connectivity index (χ4n) is 2.66. The lowest BCUT2D eigenvalue weighted by Crippen LogP contribution is -2.29. The number of hydrogen-bond donors (Lipinski definition) is 0. The standard InChI is InChI=1S/C18H16O4/c1-20-17(19)12-16-14-10-6-7-11-15(14)18(21-2,22-16)13-8-4-3-5-9-13/h3-12H,1-2H3/b16-12-. The van der Waals surface area contributed by atoms with Gasteiger partial charge in [0.2, 0.25) is 0 Å². The predicted octanol–water partition coefficient (Wildman–Crippen LogP) is 3.08. The molecule has 0 aromatic heterocycles. The predicted molar refractivity (Wildman–Crippen MR) is 81.8 cm³/mol. The smallest absolute Gasteiger partial charge is 0.334 e. The summed E-state index contributed by atoms with van der Waals surface area (Å²) in [4.78, 5) is 11.6. The van der Waals surface area contributed by atoms with Crippen LogP contribution >= 0.6 is 0 Å². The van der Waals surface area contributed by atoms with Crippen molar-refractivity contribution >= 4 is 11.7 Å². The molecule has 1 aliphatic heterocycles. The first-order chi connectivity index (χ1) is 10.7. The van der Waals surface area contributed by atoms with Crippen molar-refractivity contribution in [1.82, 2.24) is 0 Å². The zero-order valence-corrected chi connectivity index (χ0v) is 12.4. The Kier molecular flexibility index (Phi) is 3.69. The molecule has 2 aromatic carbocycles. The Morgan fingerprint density at radius 3 is 2.41 bits per heavy atom. The van der Waals surface area contributed by atoms with Crippen molar-refractivity contribution in [3.8, 4) is 0 Å². The third kappa shape index (κ3) is 2.18. The maximum atomic E-state index is 11.6. The van der Waals surface area contributed by atoms with Crippen LogP contribution < -0.4 is 0 Å². The summed E-state index contributed by atoms with van der Waals surface area (Å²) in [6.45, 7) is 0. The molecule has 2 aromatic rings.